The van der Waals surface area contributed by atoms with E-state index in [-0.39, 0.29) is 47.1 Å². The molecule has 3 aromatic carbocycles. The number of carbonyl (C=O) groups excluding carboxylic acids is 2. The van der Waals surface area contributed by atoms with Crippen LogP contribution >= 0.6 is 23.2 Å². The Morgan fingerprint density at radius 2 is 1.83 bits per heavy atom. The Hall–Kier alpha value is -2.42. The molecule has 3 aromatic rings. The van der Waals surface area contributed by atoms with E-state index in [0.717, 1.165) is 5.56 Å². The summed E-state index contributed by atoms with van der Waals surface area (Å²) < 4.78 is 16.8. The van der Waals surface area contributed by atoms with Gasteiger partial charge in [0.05, 0.1) is 18.7 Å². The Morgan fingerprint density at radius 1 is 1.08 bits per heavy atom. The molecular weight excluding hydrogens is 516 g/mol. The summed E-state index contributed by atoms with van der Waals surface area (Å²) in [5.41, 5.74) is 1.88. The number of ether oxygens (including phenoxy) is 3. The van der Waals surface area contributed by atoms with E-state index in [1.54, 1.807) is 49.6 Å². The molecule has 0 aromatic heterocycles. The van der Waals surface area contributed by atoms with Crippen LogP contribution in [0.15, 0.2) is 54.6 Å². The van der Waals surface area contributed by atoms with Crippen LogP contribution in [0.4, 0.5) is 0 Å². The summed E-state index contributed by atoms with van der Waals surface area (Å²) in [5, 5.41) is 15.1. The number of hydrogen-bond donors (Lipinski definition) is 1. The van der Waals surface area contributed by atoms with Gasteiger partial charge in [-0.1, -0.05) is 29.3 Å². The molecule has 4 rings (SSSR count). The molecule has 7 nitrogen and oxygen atoms in total. The third kappa shape index (κ3) is 6.66. The van der Waals surface area contributed by atoms with Gasteiger partial charge in [-0.25, -0.2) is 0 Å². The molecule has 0 saturated carbocycles. The number of methoxy groups -OCH3 is 1. The molecule has 0 bridgehead atoms. The van der Waals surface area contributed by atoms with Crippen LogP contribution in [0.3, 0.4) is 0 Å². The smallest absolute Gasteiger partial charge is 0.549 e. The Morgan fingerprint density at radius 3 is 2.53 bits per heavy atom. The van der Waals surface area contributed by atoms with Gasteiger partial charge in [0.25, 0.3) is 5.91 Å². The number of amides is 1. The molecule has 1 N–H and O–H groups in total. The Labute approximate surface area is 240 Å². The van der Waals surface area contributed by atoms with Crippen LogP contribution in [0.25, 0.3) is 0 Å². The maximum absolute atomic E-state index is 12.5. The SMILES string of the molecule is COc1cc(Cl)ccc1CCNC(=O)c1ccc(Oc2cc3c(cc2Cl)C(C(=O)[O-])CCO3)cc1.[Na+]. The minimum Gasteiger partial charge on any atom is -0.549 e. The first-order valence-electron chi connectivity index (χ1n) is 10.9. The molecule has 1 atom stereocenters. The molecule has 0 radical (unpaired) electrons. The van der Waals surface area contributed by atoms with Crippen LogP contribution in [-0.4, -0.2) is 32.1 Å². The summed E-state index contributed by atoms with van der Waals surface area (Å²) in [7, 11) is 1.58. The fourth-order valence-corrected chi connectivity index (χ4v) is 4.22. The molecule has 1 heterocycles. The van der Waals surface area contributed by atoms with Gasteiger partial charge in [-0.3, -0.25) is 4.79 Å². The Balaban J connectivity index is 0.00000361. The van der Waals surface area contributed by atoms with E-state index < -0.39 is 11.9 Å². The number of fused-ring (bicyclic) bond motifs is 1. The van der Waals surface area contributed by atoms with Crippen LogP contribution in [0.2, 0.25) is 10.0 Å². The number of carboxylic acids is 1. The molecule has 36 heavy (non-hydrogen) atoms. The zero-order valence-electron chi connectivity index (χ0n) is 19.8. The second-order valence-electron chi connectivity index (χ2n) is 7.92. The van der Waals surface area contributed by atoms with Gasteiger partial charge in [0, 0.05) is 40.6 Å². The molecule has 0 aliphatic carbocycles. The van der Waals surface area contributed by atoms with Crippen molar-refractivity contribution in [3.8, 4) is 23.0 Å². The number of rotatable bonds is 8. The van der Waals surface area contributed by atoms with Crippen molar-refractivity contribution in [3.05, 3.63) is 81.3 Å². The number of halogens is 2. The average molecular weight is 538 g/mol. The van der Waals surface area contributed by atoms with E-state index in [4.69, 9.17) is 37.4 Å². The van der Waals surface area contributed by atoms with Gasteiger partial charge in [-0.2, -0.15) is 0 Å². The number of hydrogen-bond acceptors (Lipinski definition) is 6. The maximum Gasteiger partial charge on any atom is 1.00 e. The van der Waals surface area contributed by atoms with Crippen LogP contribution in [0, 0.1) is 0 Å². The average Bonchev–Trinajstić information content (AvgIpc) is 2.85. The monoisotopic (exact) mass is 537 g/mol. The van der Waals surface area contributed by atoms with Crippen molar-refractivity contribution in [3.63, 3.8) is 0 Å². The number of aliphatic carboxylic acids is 1. The summed E-state index contributed by atoms with van der Waals surface area (Å²) in [5.74, 6) is -0.310. The zero-order chi connectivity index (χ0) is 24.9. The van der Waals surface area contributed by atoms with Crippen LogP contribution in [-0.2, 0) is 11.2 Å². The van der Waals surface area contributed by atoms with Gasteiger partial charge < -0.3 is 29.4 Å². The number of carboxylic acid groups (broad SMARTS) is 1. The maximum atomic E-state index is 12.5. The van der Waals surface area contributed by atoms with Gasteiger partial charge in [0.2, 0.25) is 0 Å². The van der Waals surface area contributed by atoms with Crippen LogP contribution in [0.5, 0.6) is 23.0 Å². The topological polar surface area (TPSA) is 96.9 Å². The van der Waals surface area contributed by atoms with Crippen molar-refractivity contribution in [1.82, 2.24) is 5.32 Å². The van der Waals surface area contributed by atoms with Gasteiger partial charge in [-0.15, -0.1) is 0 Å². The van der Waals surface area contributed by atoms with Gasteiger partial charge in [0.1, 0.15) is 23.0 Å². The Bertz CT molecular complexity index is 1250. The number of benzene rings is 3. The fourth-order valence-electron chi connectivity index (χ4n) is 3.85. The summed E-state index contributed by atoms with van der Waals surface area (Å²) in [6, 6.07) is 15.1. The molecular formula is C26H22Cl2NNaO6. The van der Waals surface area contributed by atoms with Crippen LogP contribution in [0.1, 0.15) is 33.8 Å². The van der Waals surface area contributed by atoms with Crippen molar-refractivity contribution in [2.45, 2.75) is 18.8 Å². The molecule has 0 saturated heterocycles. The van der Waals surface area contributed by atoms with Crippen LogP contribution < -0.4 is 54.2 Å². The molecule has 182 valence electrons. The van der Waals surface area contributed by atoms with Gasteiger partial charge in [-0.05, 0) is 60.9 Å². The first-order chi connectivity index (χ1) is 16.9. The third-order valence-electron chi connectivity index (χ3n) is 5.66. The molecule has 1 amide bonds. The number of carbonyl (C=O) groups is 2. The Kier molecular flexibility index (Phi) is 9.93. The van der Waals surface area contributed by atoms with E-state index in [1.807, 2.05) is 6.07 Å². The predicted molar refractivity (Wildman–Crippen MR) is 130 cm³/mol. The quantitative estimate of drug-likeness (QED) is 0.436. The number of nitrogens with one attached hydrogen (secondary N) is 1. The normalized spacial score (nSPS) is 14.0. The van der Waals surface area contributed by atoms with E-state index in [1.165, 1.54) is 6.07 Å². The minimum absolute atomic E-state index is 0. The third-order valence-corrected chi connectivity index (χ3v) is 6.19. The first kappa shape index (κ1) is 28.2. The van der Waals surface area contributed by atoms with E-state index in [9.17, 15) is 14.7 Å². The first-order valence-corrected chi connectivity index (χ1v) is 11.7. The summed E-state index contributed by atoms with van der Waals surface area (Å²) in [6.45, 7) is 0.688. The summed E-state index contributed by atoms with van der Waals surface area (Å²) >= 11 is 12.3. The zero-order valence-corrected chi connectivity index (χ0v) is 23.3. The largest absolute Gasteiger partial charge is 1.00 e. The van der Waals surface area contributed by atoms with Crippen molar-refractivity contribution in [2.24, 2.45) is 0 Å². The second-order valence-corrected chi connectivity index (χ2v) is 8.76. The van der Waals surface area contributed by atoms with Gasteiger partial charge >= 0.3 is 29.6 Å². The van der Waals surface area contributed by atoms with Gasteiger partial charge in [0.15, 0.2) is 0 Å². The molecule has 10 heteroatoms. The molecule has 1 aliphatic rings. The van der Waals surface area contributed by atoms with E-state index in [0.29, 0.717) is 58.5 Å². The van der Waals surface area contributed by atoms with E-state index in [2.05, 4.69) is 5.32 Å². The molecule has 0 spiro atoms. The predicted octanol–water partition coefficient (Wildman–Crippen LogP) is 1.39. The molecule has 1 aliphatic heterocycles. The van der Waals surface area contributed by atoms with Crippen molar-refractivity contribution >= 4 is 35.1 Å². The standard InChI is InChI=1S/C26H23Cl2NO6.Na/c1-33-22-12-17(27)5-2-15(22)8-10-29-25(30)16-3-6-18(7-4-16)35-24-14-23-20(13-21(24)28)19(26(31)32)9-11-34-23;/h2-7,12-14,19H,8-11H2,1H3,(H,29,30)(H,31,32);/q;+1/p-1. The van der Waals surface area contributed by atoms with Crippen molar-refractivity contribution in [2.75, 3.05) is 20.3 Å². The summed E-state index contributed by atoms with van der Waals surface area (Å²) in [4.78, 5) is 23.9. The van der Waals surface area contributed by atoms with E-state index >= 15 is 0 Å². The fraction of sp³-hybridized carbons (Fsp3) is 0.231. The molecule has 1 unspecified atom stereocenters. The van der Waals surface area contributed by atoms with Crippen molar-refractivity contribution in [1.29, 1.82) is 0 Å². The summed E-state index contributed by atoms with van der Waals surface area (Å²) in [6.07, 6.45) is 0.910. The second kappa shape index (κ2) is 12.7. The molecule has 0 fully saturated rings. The minimum atomic E-state index is -1.17. The van der Waals surface area contributed by atoms with Crippen molar-refractivity contribution < 1.29 is 58.5 Å².